The van der Waals surface area contributed by atoms with Gasteiger partial charge in [0.25, 0.3) is 15.8 Å². The van der Waals surface area contributed by atoms with E-state index in [2.05, 4.69) is 15.9 Å². The number of hydrogen-bond donors (Lipinski definition) is 0. The molecular weight excluding hydrogens is 503 g/mol. The predicted molar refractivity (Wildman–Crippen MR) is 109 cm³/mol. The Labute approximate surface area is 184 Å². The van der Waals surface area contributed by atoms with E-state index in [1.807, 2.05) is 0 Å². The molecular formula is C18H16BrFN2O8S. The van der Waals surface area contributed by atoms with Crippen LogP contribution in [0.5, 0.6) is 5.75 Å². The molecule has 1 heterocycles. The van der Waals surface area contributed by atoms with Crippen LogP contribution in [0, 0.1) is 15.9 Å². The third-order valence-corrected chi connectivity index (χ3v) is 6.30. The van der Waals surface area contributed by atoms with Gasteiger partial charge in [-0.3, -0.25) is 19.2 Å². The molecule has 1 saturated heterocycles. The maximum absolute atomic E-state index is 13.9. The average molecular weight is 519 g/mol. The molecule has 0 unspecified atom stereocenters. The van der Waals surface area contributed by atoms with Gasteiger partial charge in [-0.2, -0.15) is 8.42 Å². The average Bonchev–Trinajstić information content (AvgIpc) is 3.09. The molecule has 31 heavy (non-hydrogen) atoms. The quantitative estimate of drug-likeness (QED) is 0.294. The van der Waals surface area contributed by atoms with Gasteiger partial charge in [0.2, 0.25) is 0 Å². The van der Waals surface area contributed by atoms with Crippen molar-refractivity contribution in [3.8, 4) is 5.75 Å². The summed E-state index contributed by atoms with van der Waals surface area (Å²) in [7, 11) is -2.87. The number of nitrogens with zero attached hydrogens (tertiary/aromatic N) is 2. The molecule has 1 fully saturated rings. The van der Waals surface area contributed by atoms with Crippen molar-refractivity contribution in [3.63, 3.8) is 0 Å². The smallest absolute Gasteiger partial charge is 0.414 e. The van der Waals surface area contributed by atoms with E-state index in [0.29, 0.717) is 0 Å². The van der Waals surface area contributed by atoms with Gasteiger partial charge in [-0.1, -0.05) is 6.07 Å². The zero-order valence-corrected chi connectivity index (χ0v) is 18.4. The van der Waals surface area contributed by atoms with Crippen molar-refractivity contribution in [2.45, 2.75) is 17.4 Å². The van der Waals surface area contributed by atoms with Gasteiger partial charge in [-0.05, 0) is 28.1 Å². The first-order chi connectivity index (χ1) is 14.6. The molecule has 0 aliphatic carbocycles. The van der Waals surface area contributed by atoms with E-state index in [1.54, 1.807) is 0 Å². The zero-order valence-electron chi connectivity index (χ0n) is 16.0. The van der Waals surface area contributed by atoms with E-state index in [0.717, 1.165) is 18.2 Å². The lowest BCUT2D eigenvalue weighted by molar-refractivity contribution is -0.385. The summed E-state index contributed by atoms with van der Waals surface area (Å²) in [4.78, 5) is 23.1. The third kappa shape index (κ3) is 5.11. The maximum Gasteiger partial charge on any atom is 0.414 e. The highest BCUT2D eigenvalue weighted by Crippen LogP contribution is 2.36. The fourth-order valence-corrected chi connectivity index (χ4v) is 4.16. The number of carbonyl (C=O) groups excluding carboxylic acids is 1. The van der Waals surface area contributed by atoms with Crippen LogP contribution in [0.1, 0.15) is 6.42 Å². The molecule has 1 amide bonds. The molecule has 2 aromatic rings. The number of cyclic esters (lactones) is 1. The molecule has 1 aliphatic rings. The summed E-state index contributed by atoms with van der Waals surface area (Å²) < 4.78 is 53.9. The largest absolute Gasteiger partial charge is 0.495 e. The Kier molecular flexibility index (Phi) is 6.77. The van der Waals surface area contributed by atoms with Gasteiger partial charge < -0.3 is 9.47 Å². The first-order valence-electron chi connectivity index (χ1n) is 8.77. The number of amides is 1. The minimum Gasteiger partial charge on any atom is -0.495 e. The van der Waals surface area contributed by atoms with Crippen molar-refractivity contribution in [3.05, 3.63) is 56.8 Å². The van der Waals surface area contributed by atoms with Crippen LogP contribution < -0.4 is 9.64 Å². The Morgan fingerprint density at radius 1 is 1.35 bits per heavy atom. The molecule has 13 heteroatoms. The van der Waals surface area contributed by atoms with Crippen LogP contribution in [0.25, 0.3) is 0 Å². The number of non-ortho nitro benzene ring substituents is 1. The van der Waals surface area contributed by atoms with Crippen LogP contribution in [0.4, 0.5) is 20.6 Å². The zero-order chi connectivity index (χ0) is 22.8. The number of methoxy groups -OCH3 is 1. The number of hydrogen-bond acceptors (Lipinski definition) is 8. The third-order valence-electron chi connectivity index (χ3n) is 4.38. The van der Waals surface area contributed by atoms with Crippen LogP contribution in [-0.2, 0) is 19.0 Å². The SMILES string of the molecule is COc1cc(Br)c(F)cc1N1C[C@H](CCOS(=O)(=O)c2cccc([N+](=O)[O-])c2)OC1=O. The lowest BCUT2D eigenvalue weighted by Crippen LogP contribution is -2.25. The van der Waals surface area contributed by atoms with Crippen molar-refractivity contribution < 1.29 is 36.2 Å². The van der Waals surface area contributed by atoms with E-state index in [-0.39, 0.29) is 46.1 Å². The molecule has 1 atom stereocenters. The highest BCUT2D eigenvalue weighted by molar-refractivity contribution is 9.10. The predicted octanol–water partition coefficient (Wildman–Crippen LogP) is 3.63. The van der Waals surface area contributed by atoms with E-state index in [9.17, 15) is 27.7 Å². The lowest BCUT2D eigenvalue weighted by Gasteiger charge is -2.17. The summed E-state index contributed by atoms with van der Waals surface area (Å²) >= 11 is 3.04. The normalized spacial score (nSPS) is 16.3. The molecule has 0 radical (unpaired) electrons. The Bertz CT molecular complexity index is 1130. The number of anilines is 1. The number of ether oxygens (including phenoxy) is 2. The van der Waals surface area contributed by atoms with Crippen molar-refractivity contribution in [1.29, 1.82) is 0 Å². The molecule has 0 aromatic heterocycles. The molecule has 3 rings (SSSR count). The summed E-state index contributed by atoms with van der Waals surface area (Å²) in [6.07, 6.45) is -1.44. The first-order valence-corrected chi connectivity index (χ1v) is 11.0. The van der Waals surface area contributed by atoms with Gasteiger partial charge in [0.1, 0.15) is 22.6 Å². The molecule has 1 aliphatic heterocycles. The molecule has 0 saturated carbocycles. The van der Waals surface area contributed by atoms with Crippen LogP contribution in [0.3, 0.4) is 0 Å². The van der Waals surface area contributed by atoms with Crippen LogP contribution in [0.2, 0.25) is 0 Å². The Balaban J connectivity index is 1.64. The number of halogens is 2. The van der Waals surface area contributed by atoms with Crippen molar-refractivity contribution in [1.82, 2.24) is 0 Å². The number of benzene rings is 2. The van der Waals surface area contributed by atoms with E-state index in [1.165, 1.54) is 30.2 Å². The summed E-state index contributed by atoms with van der Waals surface area (Å²) in [6, 6.07) is 6.95. The summed E-state index contributed by atoms with van der Waals surface area (Å²) in [5.74, 6) is -0.353. The van der Waals surface area contributed by atoms with Gasteiger partial charge in [-0.15, -0.1) is 0 Å². The fraction of sp³-hybridized carbons (Fsp3) is 0.278. The second-order valence-corrected chi connectivity index (χ2v) is 8.84. The molecule has 0 bridgehead atoms. The standard InChI is InChI=1S/C18H16BrFN2O8S/c1-28-17-8-14(19)15(20)9-16(17)21-10-12(30-18(21)23)5-6-29-31(26,27)13-4-2-3-11(7-13)22(24)25/h2-4,7-9,12H,5-6,10H2,1H3/t12-/m0/s1. The Hall–Kier alpha value is -2.77. The topological polar surface area (TPSA) is 125 Å². The van der Waals surface area contributed by atoms with Gasteiger partial charge >= 0.3 is 6.09 Å². The van der Waals surface area contributed by atoms with E-state index in [4.69, 9.17) is 13.7 Å². The van der Waals surface area contributed by atoms with Crippen molar-refractivity contribution >= 4 is 43.5 Å². The van der Waals surface area contributed by atoms with Crippen molar-refractivity contribution in [2.24, 2.45) is 0 Å². The van der Waals surface area contributed by atoms with E-state index >= 15 is 0 Å². The monoisotopic (exact) mass is 518 g/mol. The number of carbonyl (C=O) groups is 1. The first kappa shape index (κ1) is 22.9. The minimum atomic E-state index is -4.24. The second-order valence-electron chi connectivity index (χ2n) is 6.37. The number of nitro benzene ring substituents is 1. The van der Waals surface area contributed by atoms with Gasteiger partial charge in [0.05, 0.1) is 35.3 Å². The molecule has 10 nitrogen and oxygen atoms in total. The molecule has 0 N–H and O–H groups in total. The minimum absolute atomic E-state index is 0.0243. The highest BCUT2D eigenvalue weighted by Gasteiger charge is 2.34. The molecule has 166 valence electrons. The van der Waals surface area contributed by atoms with Crippen molar-refractivity contribution in [2.75, 3.05) is 25.2 Å². The van der Waals surface area contributed by atoms with Gasteiger partial charge in [0.15, 0.2) is 0 Å². The fourth-order valence-electron chi connectivity index (χ4n) is 2.87. The molecule has 0 spiro atoms. The Morgan fingerprint density at radius 3 is 2.77 bits per heavy atom. The maximum atomic E-state index is 13.9. The lowest BCUT2D eigenvalue weighted by atomic mass is 10.2. The summed E-state index contributed by atoms with van der Waals surface area (Å²) in [5.41, 5.74) is -0.221. The number of rotatable bonds is 8. The van der Waals surface area contributed by atoms with E-state index < -0.39 is 33.1 Å². The second kappa shape index (κ2) is 9.16. The molecule has 2 aromatic carbocycles. The van der Waals surface area contributed by atoms with Gasteiger partial charge in [0, 0.05) is 24.6 Å². The van der Waals surface area contributed by atoms with Crippen LogP contribution in [-0.4, -0.2) is 45.8 Å². The highest BCUT2D eigenvalue weighted by atomic mass is 79.9. The van der Waals surface area contributed by atoms with Gasteiger partial charge in [-0.25, -0.2) is 9.18 Å². The van der Waals surface area contributed by atoms with Crippen LogP contribution >= 0.6 is 15.9 Å². The summed E-state index contributed by atoms with van der Waals surface area (Å²) in [5, 5.41) is 10.8. The summed E-state index contributed by atoms with van der Waals surface area (Å²) in [6.45, 7) is -0.306. The van der Waals surface area contributed by atoms with Crippen LogP contribution in [0.15, 0.2) is 45.8 Å². The number of nitro groups is 1. The Morgan fingerprint density at radius 2 is 2.10 bits per heavy atom.